The second-order valence-electron chi connectivity index (χ2n) is 5.00. The molecule has 0 spiro atoms. The predicted octanol–water partition coefficient (Wildman–Crippen LogP) is 2.90. The van der Waals surface area contributed by atoms with E-state index in [-0.39, 0.29) is 16.5 Å². The number of nitriles is 2. The molecule has 0 fully saturated rings. The van der Waals surface area contributed by atoms with Gasteiger partial charge in [-0.15, -0.1) is 0 Å². The van der Waals surface area contributed by atoms with Crippen LogP contribution in [0.2, 0.25) is 0 Å². The fourth-order valence-electron chi connectivity index (χ4n) is 1.39. The number of benzene rings is 1. The van der Waals surface area contributed by atoms with Crippen LogP contribution in [0.3, 0.4) is 0 Å². The van der Waals surface area contributed by atoms with E-state index in [1.54, 1.807) is 12.1 Å². The van der Waals surface area contributed by atoms with Gasteiger partial charge < -0.3 is 10.2 Å². The first-order valence-corrected chi connectivity index (χ1v) is 5.38. The highest BCUT2D eigenvalue weighted by molar-refractivity contribution is 5.71. The zero-order valence-electron chi connectivity index (χ0n) is 10.5. The monoisotopic (exact) mass is 242 g/mol. The van der Waals surface area contributed by atoms with Crippen molar-refractivity contribution in [2.45, 2.75) is 20.8 Å². The number of aromatic hydroxyl groups is 2. The van der Waals surface area contributed by atoms with E-state index in [9.17, 15) is 10.2 Å². The fourth-order valence-corrected chi connectivity index (χ4v) is 1.39. The number of hydrogen-bond acceptors (Lipinski definition) is 4. The molecule has 1 rings (SSSR count). The number of phenolic OH excluding ortho intramolecular Hbond substituents is 2. The van der Waals surface area contributed by atoms with Crippen molar-refractivity contribution in [3.8, 4) is 23.6 Å². The maximum Gasteiger partial charge on any atom is 0.176 e. The second-order valence-corrected chi connectivity index (χ2v) is 5.00. The molecule has 0 aliphatic rings. The average Bonchev–Trinajstić information content (AvgIpc) is 2.28. The predicted molar refractivity (Wildman–Crippen MR) is 67.7 cm³/mol. The van der Waals surface area contributed by atoms with E-state index in [1.165, 1.54) is 0 Å². The molecule has 0 atom stereocenters. The van der Waals surface area contributed by atoms with Gasteiger partial charge in [0.05, 0.1) is 11.6 Å². The lowest BCUT2D eigenvalue weighted by Crippen LogP contribution is -1.99. The first-order chi connectivity index (χ1) is 8.30. The summed E-state index contributed by atoms with van der Waals surface area (Å²) in [6.07, 6.45) is 3.46. The lowest BCUT2D eigenvalue weighted by Gasteiger charge is -2.12. The molecule has 4 nitrogen and oxygen atoms in total. The summed E-state index contributed by atoms with van der Waals surface area (Å²) < 4.78 is 0. The average molecular weight is 242 g/mol. The van der Waals surface area contributed by atoms with Crippen LogP contribution in [0.1, 0.15) is 37.5 Å². The van der Waals surface area contributed by atoms with E-state index in [0.717, 1.165) is 6.07 Å². The largest absolute Gasteiger partial charge is 0.504 e. The van der Waals surface area contributed by atoms with E-state index >= 15 is 0 Å². The van der Waals surface area contributed by atoms with Crippen LogP contribution in [-0.2, 0) is 0 Å². The fraction of sp³-hybridized carbons (Fsp3) is 0.286. The lowest BCUT2D eigenvalue weighted by atomic mass is 9.93. The van der Waals surface area contributed by atoms with Crippen LogP contribution < -0.4 is 0 Å². The van der Waals surface area contributed by atoms with Crippen LogP contribution in [0.25, 0.3) is 6.08 Å². The minimum atomic E-state index is -0.495. The Balaban J connectivity index is 3.53. The third kappa shape index (κ3) is 2.81. The first kappa shape index (κ1) is 13.6. The van der Waals surface area contributed by atoms with Crippen molar-refractivity contribution in [1.29, 1.82) is 10.5 Å². The zero-order valence-corrected chi connectivity index (χ0v) is 10.5. The Morgan fingerprint density at radius 2 is 1.78 bits per heavy atom. The van der Waals surface area contributed by atoms with Crippen LogP contribution in [0, 0.1) is 28.1 Å². The van der Waals surface area contributed by atoms with E-state index in [0.29, 0.717) is 5.56 Å². The molecule has 1 aromatic rings. The summed E-state index contributed by atoms with van der Waals surface area (Å²) in [4.78, 5) is 0. The Morgan fingerprint density at radius 3 is 2.22 bits per heavy atom. The summed E-state index contributed by atoms with van der Waals surface area (Å²) >= 11 is 0. The Kier molecular flexibility index (Phi) is 3.64. The summed E-state index contributed by atoms with van der Waals surface area (Å²) in [6, 6.07) is 4.86. The summed E-state index contributed by atoms with van der Waals surface area (Å²) in [7, 11) is 0. The smallest absolute Gasteiger partial charge is 0.176 e. The lowest BCUT2D eigenvalue weighted by molar-refractivity contribution is 0.402. The number of nitrogens with zero attached hydrogens (tertiary/aromatic N) is 2. The Hall–Kier alpha value is -2.46. The first-order valence-electron chi connectivity index (χ1n) is 5.38. The van der Waals surface area contributed by atoms with Crippen molar-refractivity contribution in [2.24, 2.45) is 5.41 Å². The van der Waals surface area contributed by atoms with Gasteiger partial charge in [-0.05, 0) is 5.41 Å². The molecule has 2 N–H and O–H groups in total. The molecule has 0 saturated carbocycles. The topological polar surface area (TPSA) is 88.0 Å². The molecule has 0 unspecified atom stereocenters. The molecule has 18 heavy (non-hydrogen) atoms. The third-order valence-electron chi connectivity index (χ3n) is 2.30. The number of rotatable bonds is 1. The van der Waals surface area contributed by atoms with Gasteiger partial charge in [-0.3, -0.25) is 0 Å². The van der Waals surface area contributed by atoms with Crippen molar-refractivity contribution in [1.82, 2.24) is 0 Å². The van der Waals surface area contributed by atoms with E-state index in [4.69, 9.17) is 10.5 Å². The molecule has 4 heteroatoms. The molecular formula is C14H14N2O2. The van der Waals surface area contributed by atoms with E-state index in [2.05, 4.69) is 0 Å². The molecule has 0 aliphatic heterocycles. The molecule has 0 heterocycles. The summed E-state index contributed by atoms with van der Waals surface area (Å²) in [5, 5.41) is 37.0. The molecule has 0 bridgehead atoms. The standard InChI is InChI=1S/C14H14N2O2/c1-14(2,3)5-4-10-9(7-15)6-12(17)13(18)11(10)8-16/h4-6,17-18H,1-3H3/b5-4+. The second kappa shape index (κ2) is 4.81. The summed E-state index contributed by atoms with van der Waals surface area (Å²) in [6.45, 7) is 5.92. The van der Waals surface area contributed by atoms with Gasteiger partial charge in [0.25, 0.3) is 0 Å². The van der Waals surface area contributed by atoms with Gasteiger partial charge in [0.1, 0.15) is 11.6 Å². The van der Waals surface area contributed by atoms with Gasteiger partial charge >= 0.3 is 0 Å². The number of allylic oxidation sites excluding steroid dienone is 1. The van der Waals surface area contributed by atoms with Crippen molar-refractivity contribution in [3.05, 3.63) is 28.8 Å². The summed E-state index contributed by atoms with van der Waals surface area (Å²) in [5.41, 5.74) is 0.270. The van der Waals surface area contributed by atoms with Crippen LogP contribution in [0.4, 0.5) is 0 Å². The highest BCUT2D eigenvalue weighted by atomic mass is 16.3. The van der Waals surface area contributed by atoms with Crippen LogP contribution in [-0.4, -0.2) is 10.2 Å². The highest BCUT2D eigenvalue weighted by Gasteiger charge is 2.16. The summed E-state index contributed by atoms with van der Waals surface area (Å²) in [5.74, 6) is -0.957. The minimum Gasteiger partial charge on any atom is -0.504 e. The molecule has 0 aliphatic carbocycles. The quantitative estimate of drug-likeness (QED) is 0.741. The van der Waals surface area contributed by atoms with Crippen molar-refractivity contribution >= 4 is 6.08 Å². The van der Waals surface area contributed by atoms with E-state index < -0.39 is 11.5 Å². The van der Waals surface area contributed by atoms with Gasteiger partial charge in [0.2, 0.25) is 0 Å². The van der Waals surface area contributed by atoms with Gasteiger partial charge in [0, 0.05) is 11.6 Å². The molecule has 1 aromatic carbocycles. The van der Waals surface area contributed by atoms with Crippen molar-refractivity contribution < 1.29 is 10.2 Å². The zero-order chi connectivity index (χ0) is 13.9. The SMILES string of the molecule is CC(C)(C)/C=C/c1c(C#N)cc(O)c(O)c1C#N. The van der Waals surface area contributed by atoms with Crippen molar-refractivity contribution in [2.75, 3.05) is 0 Å². The van der Waals surface area contributed by atoms with Crippen LogP contribution >= 0.6 is 0 Å². The molecular weight excluding hydrogens is 228 g/mol. The normalized spacial score (nSPS) is 11.2. The van der Waals surface area contributed by atoms with Crippen molar-refractivity contribution in [3.63, 3.8) is 0 Å². The molecule has 0 radical (unpaired) electrons. The number of hydrogen-bond donors (Lipinski definition) is 2. The van der Waals surface area contributed by atoms with Gasteiger partial charge in [-0.25, -0.2) is 0 Å². The molecule has 0 aromatic heterocycles. The minimum absolute atomic E-state index is 0.0907. The Morgan fingerprint density at radius 1 is 1.17 bits per heavy atom. The highest BCUT2D eigenvalue weighted by Crippen LogP contribution is 2.34. The maximum atomic E-state index is 9.61. The maximum absolute atomic E-state index is 9.61. The third-order valence-corrected chi connectivity index (χ3v) is 2.30. The number of phenols is 2. The molecule has 92 valence electrons. The Bertz CT molecular complexity index is 582. The molecule has 0 saturated heterocycles. The van der Waals surface area contributed by atoms with Crippen LogP contribution in [0.15, 0.2) is 12.1 Å². The Labute approximate surface area is 106 Å². The van der Waals surface area contributed by atoms with Gasteiger partial charge in [-0.2, -0.15) is 10.5 Å². The molecule has 0 amide bonds. The van der Waals surface area contributed by atoms with Gasteiger partial charge in [-0.1, -0.05) is 32.9 Å². The van der Waals surface area contributed by atoms with E-state index in [1.807, 2.05) is 32.9 Å². The van der Waals surface area contributed by atoms with Gasteiger partial charge in [0.15, 0.2) is 11.5 Å². The van der Waals surface area contributed by atoms with Crippen LogP contribution in [0.5, 0.6) is 11.5 Å².